The summed E-state index contributed by atoms with van der Waals surface area (Å²) in [4.78, 5) is 6.68. The second-order valence-electron chi connectivity index (χ2n) is 6.08. The molecule has 1 unspecified atom stereocenters. The molecule has 114 valence electrons. The first-order chi connectivity index (χ1) is 9.79. The van der Waals surface area contributed by atoms with E-state index in [0.29, 0.717) is 6.04 Å². The summed E-state index contributed by atoms with van der Waals surface area (Å²) in [6.07, 6.45) is 11.0. The lowest BCUT2D eigenvalue weighted by atomic mass is 9.90. The van der Waals surface area contributed by atoms with E-state index < -0.39 is 0 Å². The first-order valence-electron chi connectivity index (χ1n) is 8.21. The predicted octanol–water partition coefficient (Wildman–Crippen LogP) is 2.37. The average Bonchev–Trinajstić information content (AvgIpc) is 2.98. The molecule has 1 aromatic rings. The van der Waals surface area contributed by atoms with Crippen molar-refractivity contribution in [2.24, 2.45) is 5.92 Å². The normalized spacial score (nSPS) is 19.3. The molecular weight excluding hydrogens is 248 g/mol. The molecule has 1 fully saturated rings. The van der Waals surface area contributed by atoms with E-state index in [2.05, 4.69) is 33.6 Å². The van der Waals surface area contributed by atoms with Gasteiger partial charge in [0.15, 0.2) is 0 Å². The molecule has 0 amide bonds. The predicted molar refractivity (Wildman–Crippen MR) is 83.8 cm³/mol. The second-order valence-corrected chi connectivity index (χ2v) is 6.08. The minimum atomic E-state index is 0.654. The van der Waals surface area contributed by atoms with Crippen molar-refractivity contribution in [3.05, 3.63) is 18.7 Å². The van der Waals surface area contributed by atoms with E-state index in [1.54, 1.807) is 0 Å². The molecule has 0 radical (unpaired) electrons. The third kappa shape index (κ3) is 4.91. The fourth-order valence-electron chi connectivity index (χ4n) is 3.17. The lowest BCUT2D eigenvalue weighted by Gasteiger charge is -2.35. The Kier molecular flexibility index (Phi) is 6.54. The number of likely N-dealkylation sites (tertiary alicyclic amines) is 1. The summed E-state index contributed by atoms with van der Waals surface area (Å²) in [7, 11) is 0. The summed E-state index contributed by atoms with van der Waals surface area (Å²) in [5, 5.41) is 3.71. The highest BCUT2D eigenvalue weighted by Gasteiger charge is 2.22. The van der Waals surface area contributed by atoms with Crippen LogP contribution >= 0.6 is 0 Å². The van der Waals surface area contributed by atoms with Crippen LogP contribution in [0.5, 0.6) is 0 Å². The van der Waals surface area contributed by atoms with E-state index in [1.807, 2.05) is 18.7 Å². The van der Waals surface area contributed by atoms with Crippen LogP contribution in [0.25, 0.3) is 0 Å². The molecule has 1 aliphatic heterocycles. The van der Waals surface area contributed by atoms with Crippen molar-refractivity contribution in [2.75, 3.05) is 26.2 Å². The van der Waals surface area contributed by atoms with Crippen LogP contribution in [0.1, 0.15) is 39.5 Å². The summed E-state index contributed by atoms with van der Waals surface area (Å²) < 4.78 is 2.15. The number of piperidine rings is 1. The number of nitrogens with zero attached hydrogens (tertiary/aromatic N) is 3. The molecule has 0 saturated carbocycles. The lowest BCUT2D eigenvalue weighted by Crippen LogP contribution is -2.42. The Labute approximate surface area is 123 Å². The van der Waals surface area contributed by atoms with E-state index in [-0.39, 0.29) is 0 Å². The highest BCUT2D eigenvalue weighted by molar-refractivity contribution is 4.79. The molecule has 4 nitrogen and oxygen atoms in total. The zero-order chi connectivity index (χ0) is 14.2. The molecular formula is C16H30N4. The van der Waals surface area contributed by atoms with Gasteiger partial charge in [-0.05, 0) is 64.7 Å². The first kappa shape index (κ1) is 15.5. The number of hydrogen-bond donors (Lipinski definition) is 1. The number of aryl methyl sites for hydroxylation is 1. The average molecular weight is 278 g/mol. The molecule has 1 saturated heterocycles. The highest BCUT2D eigenvalue weighted by Crippen LogP contribution is 2.20. The first-order valence-corrected chi connectivity index (χ1v) is 8.21. The van der Waals surface area contributed by atoms with Crippen molar-refractivity contribution in [1.82, 2.24) is 19.8 Å². The van der Waals surface area contributed by atoms with Gasteiger partial charge in [-0.1, -0.05) is 6.92 Å². The van der Waals surface area contributed by atoms with Crippen LogP contribution in [0, 0.1) is 5.92 Å². The van der Waals surface area contributed by atoms with E-state index in [0.717, 1.165) is 19.0 Å². The molecule has 4 heteroatoms. The van der Waals surface area contributed by atoms with Crippen molar-refractivity contribution >= 4 is 0 Å². The van der Waals surface area contributed by atoms with E-state index in [9.17, 15) is 0 Å². The topological polar surface area (TPSA) is 33.1 Å². The van der Waals surface area contributed by atoms with Crippen LogP contribution in [-0.4, -0.2) is 46.7 Å². The minimum Gasteiger partial charge on any atom is -0.337 e. The Morgan fingerprint density at radius 1 is 1.30 bits per heavy atom. The SMILES string of the molecule is CCCN1CCC(C(C)NCCCn2ccnc2)CC1. The van der Waals surface area contributed by atoms with Gasteiger partial charge in [0, 0.05) is 25.0 Å². The molecule has 1 aromatic heterocycles. The molecule has 1 aliphatic rings. The summed E-state index contributed by atoms with van der Waals surface area (Å²) in [6, 6.07) is 0.654. The standard InChI is InChI=1S/C16H30N4/c1-3-9-19-11-5-16(6-12-19)15(2)18-7-4-10-20-13-8-17-14-20/h8,13-16,18H,3-7,9-12H2,1-2H3. The zero-order valence-corrected chi connectivity index (χ0v) is 13.1. The maximum absolute atomic E-state index is 4.07. The van der Waals surface area contributed by atoms with Crippen LogP contribution in [0.2, 0.25) is 0 Å². The van der Waals surface area contributed by atoms with Crippen molar-refractivity contribution in [1.29, 1.82) is 0 Å². The van der Waals surface area contributed by atoms with Crippen molar-refractivity contribution in [3.8, 4) is 0 Å². The largest absolute Gasteiger partial charge is 0.337 e. The molecule has 20 heavy (non-hydrogen) atoms. The number of imidazole rings is 1. The van der Waals surface area contributed by atoms with Gasteiger partial charge in [-0.15, -0.1) is 0 Å². The van der Waals surface area contributed by atoms with Gasteiger partial charge in [-0.3, -0.25) is 0 Å². The third-order valence-electron chi connectivity index (χ3n) is 4.50. The second kappa shape index (κ2) is 8.42. The van der Waals surface area contributed by atoms with E-state index >= 15 is 0 Å². The zero-order valence-electron chi connectivity index (χ0n) is 13.1. The fourth-order valence-corrected chi connectivity index (χ4v) is 3.17. The van der Waals surface area contributed by atoms with Gasteiger partial charge in [-0.2, -0.15) is 0 Å². The quantitative estimate of drug-likeness (QED) is 0.741. The molecule has 0 aromatic carbocycles. The molecule has 2 rings (SSSR count). The fraction of sp³-hybridized carbons (Fsp3) is 0.812. The maximum atomic E-state index is 4.07. The number of aromatic nitrogens is 2. The minimum absolute atomic E-state index is 0.654. The van der Waals surface area contributed by atoms with Crippen LogP contribution in [0.3, 0.4) is 0 Å². The van der Waals surface area contributed by atoms with Crippen molar-refractivity contribution in [2.45, 2.75) is 52.1 Å². The van der Waals surface area contributed by atoms with E-state index in [1.165, 1.54) is 45.3 Å². The van der Waals surface area contributed by atoms with Gasteiger partial charge in [0.2, 0.25) is 0 Å². The lowest BCUT2D eigenvalue weighted by molar-refractivity contribution is 0.162. The summed E-state index contributed by atoms with van der Waals surface area (Å²) >= 11 is 0. The summed E-state index contributed by atoms with van der Waals surface area (Å²) in [5.41, 5.74) is 0. The number of hydrogen-bond acceptors (Lipinski definition) is 3. The molecule has 0 bridgehead atoms. The highest BCUT2D eigenvalue weighted by atomic mass is 15.1. The maximum Gasteiger partial charge on any atom is 0.0945 e. The molecule has 0 aliphatic carbocycles. The third-order valence-corrected chi connectivity index (χ3v) is 4.50. The Hall–Kier alpha value is -0.870. The molecule has 1 N–H and O–H groups in total. The van der Waals surface area contributed by atoms with Crippen molar-refractivity contribution in [3.63, 3.8) is 0 Å². The Morgan fingerprint density at radius 2 is 2.10 bits per heavy atom. The van der Waals surface area contributed by atoms with Crippen LogP contribution in [-0.2, 0) is 6.54 Å². The van der Waals surface area contributed by atoms with Crippen LogP contribution in [0.15, 0.2) is 18.7 Å². The van der Waals surface area contributed by atoms with Crippen molar-refractivity contribution < 1.29 is 0 Å². The van der Waals surface area contributed by atoms with E-state index in [4.69, 9.17) is 0 Å². The molecule has 0 spiro atoms. The van der Waals surface area contributed by atoms with Crippen LogP contribution < -0.4 is 5.32 Å². The number of nitrogens with one attached hydrogen (secondary N) is 1. The summed E-state index contributed by atoms with van der Waals surface area (Å²) in [6.45, 7) is 10.7. The monoisotopic (exact) mass is 278 g/mol. The van der Waals surface area contributed by atoms with Gasteiger partial charge in [-0.25, -0.2) is 4.98 Å². The Morgan fingerprint density at radius 3 is 2.75 bits per heavy atom. The Balaban J connectivity index is 1.57. The smallest absolute Gasteiger partial charge is 0.0945 e. The Bertz CT molecular complexity index is 341. The number of rotatable bonds is 8. The molecule has 2 heterocycles. The van der Waals surface area contributed by atoms with Gasteiger partial charge < -0.3 is 14.8 Å². The van der Waals surface area contributed by atoms with Gasteiger partial charge in [0.25, 0.3) is 0 Å². The molecule has 1 atom stereocenters. The van der Waals surface area contributed by atoms with Crippen LogP contribution in [0.4, 0.5) is 0 Å². The van der Waals surface area contributed by atoms with Gasteiger partial charge >= 0.3 is 0 Å². The van der Waals surface area contributed by atoms with Gasteiger partial charge in [0.05, 0.1) is 6.33 Å². The summed E-state index contributed by atoms with van der Waals surface area (Å²) in [5.74, 6) is 0.858. The van der Waals surface area contributed by atoms with Gasteiger partial charge in [0.1, 0.15) is 0 Å².